The molecule has 1 aliphatic carbocycles. The SMILES string of the molecule is CN=C(Nc1cc(C2CC2)[nH]n1)/C(Br)=C\N. The third-order valence-corrected chi connectivity index (χ3v) is 3.10. The maximum atomic E-state index is 5.41. The number of aliphatic imine (C=N–C) groups is 1. The van der Waals surface area contributed by atoms with Gasteiger partial charge in [0.25, 0.3) is 0 Å². The van der Waals surface area contributed by atoms with Crippen LogP contribution in [0.1, 0.15) is 24.5 Å². The summed E-state index contributed by atoms with van der Waals surface area (Å²) in [5, 5.41) is 10.3. The molecule has 0 atom stereocenters. The van der Waals surface area contributed by atoms with Crippen molar-refractivity contribution in [3.05, 3.63) is 22.4 Å². The van der Waals surface area contributed by atoms with E-state index < -0.39 is 0 Å². The Kier molecular flexibility index (Phi) is 3.28. The average molecular weight is 284 g/mol. The van der Waals surface area contributed by atoms with Gasteiger partial charge in [-0.3, -0.25) is 10.1 Å². The smallest absolute Gasteiger partial charge is 0.153 e. The molecule has 86 valence electrons. The molecule has 0 saturated heterocycles. The van der Waals surface area contributed by atoms with Gasteiger partial charge in [-0.25, -0.2) is 0 Å². The number of rotatable bonds is 3. The molecule has 1 aliphatic rings. The first-order valence-corrected chi connectivity index (χ1v) is 5.90. The molecule has 5 nitrogen and oxygen atoms in total. The first-order valence-electron chi connectivity index (χ1n) is 5.11. The Morgan fingerprint density at radius 1 is 1.75 bits per heavy atom. The van der Waals surface area contributed by atoms with Gasteiger partial charge in [0, 0.05) is 30.9 Å². The molecule has 1 fully saturated rings. The molecule has 1 saturated carbocycles. The second-order valence-corrected chi connectivity index (χ2v) is 4.55. The van der Waals surface area contributed by atoms with Crippen LogP contribution in [0.3, 0.4) is 0 Å². The molecule has 2 rings (SSSR count). The van der Waals surface area contributed by atoms with Gasteiger partial charge < -0.3 is 11.1 Å². The highest BCUT2D eigenvalue weighted by molar-refractivity contribution is 9.12. The van der Waals surface area contributed by atoms with E-state index in [2.05, 4.69) is 36.4 Å². The van der Waals surface area contributed by atoms with Gasteiger partial charge >= 0.3 is 0 Å². The summed E-state index contributed by atoms with van der Waals surface area (Å²) in [6, 6.07) is 2.01. The number of H-pyrrole nitrogens is 1. The van der Waals surface area contributed by atoms with Crippen molar-refractivity contribution < 1.29 is 0 Å². The van der Waals surface area contributed by atoms with Crippen molar-refractivity contribution in [2.24, 2.45) is 10.7 Å². The fourth-order valence-electron chi connectivity index (χ4n) is 1.43. The predicted octanol–water partition coefficient (Wildman–Crippen LogP) is 1.92. The zero-order valence-corrected chi connectivity index (χ0v) is 10.6. The summed E-state index contributed by atoms with van der Waals surface area (Å²) in [6.07, 6.45) is 3.95. The molecule has 1 aromatic heterocycles. The van der Waals surface area contributed by atoms with Crippen molar-refractivity contribution in [2.75, 3.05) is 12.4 Å². The molecule has 0 radical (unpaired) electrons. The van der Waals surface area contributed by atoms with E-state index in [0.29, 0.717) is 16.2 Å². The summed E-state index contributed by atoms with van der Waals surface area (Å²) < 4.78 is 0.714. The normalized spacial score (nSPS) is 17.6. The summed E-state index contributed by atoms with van der Waals surface area (Å²) in [5.74, 6) is 2.09. The lowest BCUT2D eigenvalue weighted by Crippen LogP contribution is -2.13. The van der Waals surface area contributed by atoms with Crippen LogP contribution in [0.5, 0.6) is 0 Å². The Morgan fingerprint density at radius 2 is 2.50 bits per heavy atom. The van der Waals surface area contributed by atoms with Crippen LogP contribution < -0.4 is 11.1 Å². The standard InChI is InChI=1S/C10H14BrN5/c1-13-10(7(11)5-12)14-9-4-8(15-16-9)6-2-3-6/h4-6H,2-3,12H2,1H3,(H2,13,14,15,16)/b7-5+. The summed E-state index contributed by atoms with van der Waals surface area (Å²) in [6.45, 7) is 0. The fourth-order valence-corrected chi connectivity index (χ4v) is 1.70. The highest BCUT2D eigenvalue weighted by Crippen LogP contribution is 2.39. The van der Waals surface area contributed by atoms with E-state index in [9.17, 15) is 0 Å². The molecule has 0 spiro atoms. The second kappa shape index (κ2) is 4.69. The van der Waals surface area contributed by atoms with Crippen LogP contribution in [0, 0.1) is 0 Å². The molecular weight excluding hydrogens is 270 g/mol. The largest absolute Gasteiger partial charge is 0.404 e. The number of anilines is 1. The number of aromatic nitrogens is 2. The lowest BCUT2D eigenvalue weighted by molar-refractivity contribution is 0.967. The van der Waals surface area contributed by atoms with Crippen LogP contribution in [-0.4, -0.2) is 23.1 Å². The Bertz CT molecular complexity index is 430. The Hall–Kier alpha value is -1.30. The Balaban J connectivity index is 2.07. The Morgan fingerprint density at radius 3 is 3.06 bits per heavy atom. The molecular formula is C10H14BrN5. The van der Waals surface area contributed by atoms with Crippen molar-refractivity contribution in [2.45, 2.75) is 18.8 Å². The zero-order chi connectivity index (χ0) is 11.5. The maximum Gasteiger partial charge on any atom is 0.153 e. The van der Waals surface area contributed by atoms with Crippen LogP contribution >= 0.6 is 15.9 Å². The lowest BCUT2D eigenvalue weighted by atomic mass is 10.3. The van der Waals surface area contributed by atoms with Crippen molar-refractivity contribution in [3.63, 3.8) is 0 Å². The van der Waals surface area contributed by atoms with Gasteiger partial charge in [-0.2, -0.15) is 5.10 Å². The van der Waals surface area contributed by atoms with E-state index in [1.807, 2.05) is 6.07 Å². The number of hydrogen-bond acceptors (Lipinski definition) is 3. The third kappa shape index (κ3) is 2.44. The number of amidine groups is 1. The quantitative estimate of drug-likeness (QED) is 0.586. The highest BCUT2D eigenvalue weighted by atomic mass is 79.9. The van der Waals surface area contributed by atoms with Crippen LogP contribution in [0.15, 0.2) is 21.7 Å². The monoisotopic (exact) mass is 283 g/mol. The molecule has 0 aromatic carbocycles. The van der Waals surface area contributed by atoms with Gasteiger partial charge in [-0.05, 0) is 28.8 Å². The molecule has 0 bridgehead atoms. The molecule has 16 heavy (non-hydrogen) atoms. The first-order chi connectivity index (χ1) is 7.74. The highest BCUT2D eigenvalue weighted by Gasteiger charge is 2.25. The van der Waals surface area contributed by atoms with Gasteiger partial charge in [-0.15, -0.1) is 0 Å². The average Bonchev–Trinajstić information content (AvgIpc) is 3.05. The number of aromatic amines is 1. The molecule has 0 unspecified atom stereocenters. The van der Waals surface area contributed by atoms with E-state index in [-0.39, 0.29) is 0 Å². The maximum absolute atomic E-state index is 5.41. The van der Waals surface area contributed by atoms with E-state index in [4.69, 9.17) is 5.73 Å². The molecule has 1 aromatic rings. The topological polar surface area (TPSA) is 79.1 Å². The molecule has 4 N–H and O–H groups in total. The predicted molar refractivity (Wildman–Crippen MR) is 68.7 cm³/mol. The summed E-state index contributed by atoms with van der Waals surface area (Å²) in [7, 11) is 1.70. The van der Waals surface area contributed by atoms with Crippen molar-refractivity contribution in [3.8, 4) is 0 Å². The van der Waals surface area contributed by atoms with E-state index in [1.165, 1.54) is 24.7 Å². The van der Waals surface area contributed by atoms with Crippen LogP contribution in [0.4, 0.5) is 5.82 Å². The van der Waals surface area contributed by atoms with Gasteiger partial charge in [0.05, 0.1) is 4.48 Å². The molecule has 6 heteroatoms. The zero-order valence-electron chi connectivity index (χ0n) is 9.00. The Labute approximate surface area is 102 Å². The second-order valence-electron chi connectivity index (χ2n) is 3.69. The van der Waals surface area contributed by atoms with Gasteiger partial charge in [0.1, 0.15) is 5.84 Å². The van der Waals surface area contributed by atoms with Gasteiger partial charge in [-0.1, -0.05) is 0 Å². The van der Waals surface area contributed by atoms with E-state index in [0.717, 1.165) is 5.82 Å². The van der Waals surface area contributed by atoms with Gasteiger partial charge in [0.2, 0.25) is 0 Å². The fraction of sp³-hybridized carbons (Fsp3) is 0.400. The number of nitrogens with one attached hydrogen (secondary N) is 2. The molecule has 0 amide bonds. The van der Waals surface area contributed by atoms with Crippen LogP contribution in [-0.2, 0) is 0 Å². The molecule has 1 heterocycles. The molecule has 0 aliphatic heterocycles. The first kappa shape index (κ1) is 11.2. The lowest BCUT2D eigenvalue weighted by Gasteiger charge is -2.04. The summed E-state index contributed by atoms with van der Waals surface area (Å²) in [5.41, 5.74) is 6.59. The summed E-state index contributed by atoms with van der Waals surface area (Å²) in [4.78, 5) is 4.08. The number of nitrogens with zero attached hydrogens (tertiary/aromatic N) is 2. The van der Waals surface area contributed by atoms with E-state index in [1.54, 1.807) is 7.05 Å². The van der Waals surface area contributed by atoms with Crippen LogP contribution in [0.25, 0.3) is 0 Å². The number of nitrogens with two attached hydrogens (primary N) is 1. The van der Waals surface area contributed by atoms with Crippen LogP contribution in [0.2, 0.25) is 0 Å². The van der Waals surface area contributed by atoms with Crippen molar-refractivity contribution >= 4 is 27.6 Å². The number of hydrogen-bond donors (Lipinski definition) is 3. The van der Waals surface area contributed by atoms with E-state index >= 15 is 0 Å². The minimum absolute atomic E-state index is 0.663. The van der Waals surface area contributed by atoms with Crippen molar-refractivity contribution in [1.29, 1.82) is 0 Å². The minimum atomic E-state index is 0.663. The third-order valence-electron chi connectivity index (χ3n) is 2.46. The van der Waals surface area contributed by atoms with Gasteiger partial charge in [0.15, 0.2) is 5.82 Å². The van der Waals surface area contributed by atoms with Crippen molar-refractivity contribution in [1.82, 2.24) is 10.2 Å². The number of halogens is 1. The minimum Gasteiger partial charge on any atom is -0.404 e. The summed E-state index contributed by atoms with van der Waals surface area (Å²) >= 11 is 3.31.